The molecule has 0 saturated heterocycles. The Bertz CT molecular complexity index is 688. The number of hydrogen-bond acceptors (Lipinski definition) is 4. The van der Waals surface area contributed by atoms with Crippen molar-refractivity contribution in [1.29, 1.82) is 0 Å². The van der Waals surface area contributed by atoms with E-state index in [0.717, 1.165) is 11.1 Å². The van der Waals surface area contributed by atoms with Gasteiger partial charge in [-0.05, 0) is 42.3 Å². The van der Waals surface area contributed by atoms with Crippen molar-refractivity contribution in [3.05, 3.63) is 65.0 Å². The van der Waals surface area contributed by atoms with E-state index in [0.29, 0.717) is 12.1 Å². The number of carbonyl (C=O) groups is 1. The van der Waals surface area contributed by atoms with E-state index in [-0.39, 0.29) is 23.6 Å². The van der Waals surface area contributed by atoms with Crippen LogP contribution in [0.2, 0.25) is 0 Å². The first kappa shape index (κ1) is 17.0. The average molecular weight is 317 g/mol. The maximum atomic E-state index is 13.8. The van der Waals surface area contributed by atoms with Crippen molar-refractivity contribution in [2.45, 2.75) is 19.5 Å². The van der Waals surface area contributed by atoms with E-state index in [2.05, 4.69) is 5.32 Å². The fourth-order valence-corrected chi connectivity index (χ4v) is 2.27. The van der Waals surface area contributed by atoms with Crippen LogP contribution in [-0.2, 0) is 11.3 Å². The second-order valence-electron chi connectivity index (χ2n) is 5.19. The molecule has 2 rings (SSSR count). The molecule has 1 atom stereocenters. The third-order valence-corrected chi connectivity index (χ3v) is 3.64. The summed E-state index contributed by atoms with van der Waals surface area (Å²) >= 11 is 0. The highest BCUT2D eigenvalue weighted by atomic mass is 19.1. The van der Waals surface area contributed by atoms with Gasteiger partial charge in [0.1, 0.15) is 0 Å². The monoisotopic (exact) mass is 317 g/mol. The average Bonchev–Trinajstić information content (AvgIpc) is 2.59. The van der Waals surface area contributed by atoms with Gasteiger partial charge in [-0.1, -0.05) is 18.2 Å². The lowest BCUT2D eigenvalue weighted by Crippen LogP contribution is -2.18. The van der Waals surface area contributed by atoms with E-state index in [1.165, 1.54) is 20.3 Å². The number of ether oxygens (including phenoxy) is 2. The number of carbonyl (C=O) groups excluding carboxylic acids is 1. The van der Waals surface area contributed by atoms with E-state index < -0.39 is 0 Å². The van der Waals surface area contributed by atoms with Crippen LogP contribution >= 0.6 is 0 Å². The molecule has 0 aliphatic heterocycles. The number of halogens is 1. The Morgan fingerprint density at radius 2 is 2.00 bits per heavy atom. The van der Waals surface area contributed by atoms with Gasteiger partial charge in [0.15, 0.2) is 11.6 Å². The topological polar surface area (TPSA) is 47.6 Å². The maximum Gasteiger partial charge on any atom is 0.337 e. The van der Waals surface area contributed by atoms with Gasteiger partial charge in [0.2, 0.25) is 0 Å². The molecule has 2 aromatic rings. The Hall–Kier alpha value is -2.40. The van der Waals surface area contributed by atoms with Gasteiger partial charge in [-0.2, -0.15) is 0 Å². The normalized spacial score (nSPS) is 11.8. The van der Waals surface area contributed by atoms with E-state index in [9.17, 15) is 9.18 Å². The Kier molecular flexibility index (Phi) is 5.71. The molecule has 1 unspecified atom stereocenters. The summed E-state index contributed by atoms with van der Waals surface area (Å²) in [5.41, 5.74) is 2.29. The molecule has 1 N–H and O–H groups in total. The molecule has 23 heavy (non-hydrogen) atoms. The van der Waals surface area contributed by atoms with E-state index >= 15 is 0 Å². The zero-order valence-electron chi connectivity index (χ0n) is 13.4. The van der Waals surface area contributed by atoms with Crippen molar-refractivity contribution in [2.24, 2.45) is 0 Å². The first-order valence-electron chi connectivity index (χ1n) is 7.29. The van der Waals surface area contributed by atoms with Gasteiger partial charge in [-0.3, -0.25) is 0 Å². The van der Waals surface area contributed by atoms with Crippen LogP contribution < -0.4 is 10.1 Å². The molecule has 2 aromatic carbocycles. The Morgan fingerprint density at radius 3 is 2.65 bits per heavy atom. The molecule has 0 bridgehead atoms. The van der Waals surface area contributed by atoms with Crippen LogP contribution in [0.5, 0.6) is 5.75 Å². The quantitative estimate of drug-likeness (QED) is 0.829. The summed E-state index contributed by atoms with van der Waals surface area (Å²) in [6.45, 7) is 2.51. The first-order valence-corrected chi connectivity index (χ1v) is 7.29. The van der Waals surface area contributed by atoms with Crippen molar-refractivity contribution in [2.75, 3.05) is 14.2 Å². The van der Waals surface area contributed by atoms with Gasteiger partial charge in [0.25, 0.3) is 0 Å². The fraction of sp³-hybridized carbons (Fsp3) is 0.278. The Labute approximate surface area is 135 Å². The minimum Gasteiger partial charge on any atom is -0.494 e. The smallest absolute Gasteiger partial charge is 0.337 e. The molecule has 0 radical (unpaired) electrons. The molecule has 122 valence electrons. The van der Waals surface area contributed by atoms with Gasteiger partial charge in [-0.15, -0.1) is 0 Å². The lowest BCUT2D eigenvalue weighted by molar-refractivity contribution is 0.0600. The lowest BCUT2D eigenvalue weighted by Gasteiger charge is -2.15. The highest BCUT2D eigenvalue weighted by molar-refractivity contribution is 5.89. The van der Waals surface area contributed by atoms with Crippen molar-refractivity contribution < 1.29 is 18.7 Å². The SMILES string of the molecule is COC(=O)c1cccc(CNC(C)c2ccc(OC)c(F)c2)c1. The second-order valence-corrected chi connectivity index (χ2v) is 5.19. The van der Waals surface area contributed by atoms with Crippen LogP contribution in [0.4, 0.5) is 4.39 Å². The molecule has 5 heteroatoms. The Balaban J connectivity index is 2.03. The van der Waals surface area contributed by atoms with Gasteiger partial charge in [0, 0.05) is 12.6 Å². The van der Waals surface area contributed by atoms with Gasteiger partial charge in [-0.25, -0.2) is 9.18 Å². The second kappa shape index (κ2) is 7.74. The molecule has 4 nitrogen and oxygen atoms in total. The number of rotatable bonds is 6. The van der Waals surface area contributed by atoms with Crippen LogP contribution in [0, 0.1) is 5.82 Å². The number of methoxy groups -OCH3 is 2. The highest BCUT2D eigenvalue weighted by Gasteiger charge is 2.10. The first-order chi connectivity index (χ1) is 11.0. The largest absolute Gasteiger partial charge is 0.494 e. The summed E-state index contributed by atoms with van der Waals surface area (Å²) in [4.78, 5) is 11.5. The van der Waals surface area contributed by atoms with Crippen LogP contribution in [0.3, 0.4) is 0 Å². The molecular weight excluding hydrogens is 297 g/mol. The molecular formula is C18H20FNO3. The predicted octanol–water partition coefficient (Wildman–Crippen LogP) is 3.47. The number of benzene rings is 2. The third-order valence-electron chi connectivity index (χ3n) is 3.64. The third kappa shape index (κ3) is 4.29. The minimum absolute atomic E-state index is 0.0443. The predicted molar refractivity (Wildman–Crippen MR) is 86.0 cm³/mol. The minimum atomic E-state index is -0.383. The van der Waals surface area contributed by atoms with Crippen LogP contribution in [0.25, 0.3) is 0 Å². The molecule has 0 amide bonds. The van der Waals surface area contributed by atoms with Crippen molar-refractivity contribution in [3.63, 3.8) is 0 Å². The van der Waals surface area contributed by atoms with Crippen LogP contribution in [-0.4, -0.2) is 20.2 Å². The summed E-state index contributed by atoms with van der Waals surface area (Å²) in [5.74, 6) is -0.518. The highest BCUT2D eigenvalue weighted by Crippen LogP contribution is 2.22. The van der Waals surface area contributed by atoms with Gasteiger partial charge < -0.3 is 14.8 Å². The van der Waals surface area contributed by atoms with Gasteiger partial charge >= 0.3 is 5.97 Å². The molecule has 0 aliphatic rings. The number of esters is 1. The number of hydrogen-bond donors (Lipinski definition) is 1. The zero-order chi connectivity index (χ0) is 16.8. The van der Waals surface area contributed by atoms with E-state index in [1.54, 1.807) is 24.3 Å². The maximum absolute atomic E-state index is 13.8. The summed E-state index contributed by atoms with van der Waals surface area (Å²) in [6, 6.07) is 12.1. The van der Waals surface area contributed by atoms with E-state index in [1.807, 2.05) is 19.1 Å². The van der Waals surface area contributed by atoms with Crippen molar-refractivity contribution >= 4 is 5.97 Å². The summed E-state index contributed by atoms with van der Waals surface area (Å²) in [6.07, 6.45) is 0. The molecule has 0 aromatic heterocycles. The lowest BCUT2D eigenvalue weighted by atomic mass is 10.1. The summed E-state index contributed by atoms with van der Waals surface area (Å²) < 4.78 is 23.4. The Morgan fingerprint density at radius 1 is 1.22 bits per heavy atom. The molecule has 0 heterocycles. The summed E-state index contributed by atoms with van der Waals surface area (Å²) in [7, 11) is 2.79. The van der Waals surface area contributed by atoms with Crippen LogP contribution in [0.15, 0.2) is 42.5 Å². The van der Waals surface area contributed by atoms with Crippen molar-refractivity contribution in [3.8, 4) is 5.75 Å². The standard InChI is InChI=1S/C18H20FNO3/c1-12(14-7-8-17(22-2)16(19)10-14)20-11-13-5-4-6-15(9-13)18(21)23-3/h4-10,12,20H,11H2,1-3H3. The van der Waals surface area contributed by atoms with Crippen molar-refractivity contribution in [1.82, 2.24) is 5.32 Å². The summed E-state index contributed by atoms with van der Waals surface area (Å²) in [5, 5.41) is 3.30. The molecule has 0 saturated carbocycles. The molecule has 0 spiro atoms. The molecule has 0 aliphatic carbocycles. The molecule has 0 fully saturated rings. The number of nitrogens with one attached hydrogen (secondary N) is 1. The fourth-order valence-electron chi connectivity index (χ4n) is 2.27. The van der Waals surface area contributed by atoms with E-state index in [4.69, 9.17) is 9.47 Å². The zero-order valence-corrected chi connectivity index (χ0v) is 13.4. The van der Waals surface area contributed by atoms with Crippen LogP contribution in [0.1, 0.15) is 34.5 Å². The van der Waals surface area contributed by atoms with Gasteiger partial charge in [0.05, 0.1) is 19.8 Å².